The van der Waals surface area contributed by atoms with Gasteiger partial charge in [-0.05, 0) is 67.7 Å². The summed E-state index contributed by atoms with van der Waals surface area (Å²) in [5, 5.41) is 11.6. The maximum Gasteiger partial charge on any atom is 0.234 e. The number of rotatable bonds is 7. The Bertz CT molecular complexity index is 795. The van der Waals surface area contributed by atoms with Crippen molar-refractivity contribution in [3.8, 4) is 11.8 Å². The Hall–Kier alpha value is -2.26. The van der Waals surface area contributed by atoms with E-state index >= 15 is 0 Å². The Balaban J connectivity index is 1.43. The van der Waals surface area contributed by atoms with Crippen molar-refractivity contribution in [2.45, 2.75) is 70.8 Å². The van der Waals surface area contributed by atoms with E-state index in [0.29, 0.717) is 0 Å². The lowest BCUT2D eigenvalue weighted by Crippen LogP contribution is -2.47. The lowest BCUT2D eigenvalue weighted by atomic mass is 9.84. The number of carbonyl (C=O) groups is 1. The lowest BCUT2D eigenvalue weighted by molar-refractivity contribution is -0.121. The van der Waals surface area contributed by atoms with E-state index in [9.17, 15) is 4.79 Å². The third kappa shape index (κ3) is 6.62. The minimum absolute atomic E-state index is 0.0295. The zero-order valence-electron chi connectivity index (χ0n) is 20.3. The Morgan fingerprint density at radius 2 is 1.84 bits per heavy atom. The van der Waals surface area contributed by atoms with E-state index in [1.807, 2.05) is 6.07 Å². The normalized spacial score (nSPS) is 22.3. The topological polar surface area (TPSA) is 68.6 Å². The van der Waals surface area contributed by atoms with Gasteiger partial charge in [-0.2, -0.15) is 5.26 Å². The molecular weight excluding hydrogens is 400 g/mol. The molecule has 176 valence electrons. The van der Waals surface area contributed by atoms with Crippen LogP contribution in [0.1, 0.15) is 64.9 Å². The van der Waals surface area contributed by atoms with Crippen LogP contribution in [0.2, 0.25) is 0 Å². The SMILES string of the molecule is COc1ccc(C(C)(C)C)cc1N1CCN(CC[C@H]2CC[C@H](NC(=O)CC#N)CC2)CC1. The minimum Gasteiger partial charge on any atom is -0.495 e. The number of methoxy groups -OCH3 is 1. The molecule has 1 aliphatic heterocycles. The van der Waals surface area contributed by atoms with Crippen molar-refractivity contribution < 1.29 is 9.53 Å². The molecule has 1 saturated carbocycles. The largest absolute Gasteiger partial charge is 0.495 e. The first-order valence-electron chi connectivity index (χ1n) is 12.1. The van der Waals surface area contributed by atoms with E-state index in [2.05, 4.69) is 54.1 Å². The number of carbonyl (C=O) groups excluding carboxylic acids is 1. The zero-order chi connectivity index (χ0) is 23.1. The van der Waals surface area contributed by atoms with E-state index < -0.39 is 0 Å². The van der Waals surface area contributed by atoms with E-state index in [1.165, 1.54) is 30.5 Å². The van der Waals surface area contributed by atoms with Crippen molar-refractivity contribution in [1.29, 1.82) is 5.26 Å². The highest BCUT2D eigenvalue weighted by Crippen LogP contribution is 2.34. The number of benzene rings is 1. The van der Waals surface area contributed by atoms with Crippen molar-refractivity contribution in [2.75, 3.05) is 44.7 Å². The third-order valence-corrected chi connectivity index (χ3v) is 7.06. The molecule has 1 saturated heterocycles. The molecule has 0 unspecified atom stereocenters. The second-order valence-electron chi connectivity index (χ2n) is 10.4. The highest BCUT2D eigenvalue weighted by molar-refractivity contribution is 5.78. The average Bonchev–Trinajstić information content (AvgIpc) is 2.78. The van der Waals surface area contributed by atoms with Crippen LogP contribution in [-0.2, 0) is 10.2 Å². The summed E-state index contributed by atoms with van der Waals surface area (Å²) in [6.45, 7) is 12.1. The van der Waals surface area contributed by atoms with Gasteiger partial charge in [-0.15, -0.1) is 0 Å². The van der Waals surface area contributed by atoms with Crippen molar-refractivity contribution in [2.24, 2.45) is 5.92 Å². The monoisotopic (exact) mass is 440 g/mol. The molecule has 0 bridgehead atoms. The summed E-state index contributed by atoms with van der Waals surface area (Å²) < 4.78 is 5.67. The molecule has 0 radical (unpaired) electrons. The number of hydrogen-bond acceptors (Lipinski definition) is 5. The smallest absolute Gasteiger partial charge is 0.234 e. The van der Waals surface area contributed by atoms with Gasteiger partial charge in [0.1, 0.15) is 12.2 Å². The second kappa shape index (κ2) is 11.0. The number of nitriles is 1. The van der Waals surface area contributed by atoms with Gasteiger partial charge in [0.05, 0.1) is 18.9 Å². The quantitative estimate of drug-likeness (QED) is 0.692. The van der Waals surface area contributed by atoms with E-state index in [4.69, 9.17) is 10.00 Å². The molecule has 1 N–H and O–H groups in total. The molecule has 1 aliphatic carbocycles. The zero-order valence-corrected chi connectivity index (χ0v) is 20.3. The number of nitrogens with zero attached hydrogens (tertiary/aromatic N) is 3. The van der Waals surface area contributed by atoms with Crippen LogP contribution in [0, 0.1) is 17.2 Å². The van der Waals surface area contributed by atoms with Gasteiger partial charge < -0.3 is 15.0 Å². The van der Waals surface area contributed by atoms with E-state index in [-0.39, 0.29) is 23.8 Å². The molecule has 32 heavy (non-hydrogen) atoms. The molecular formula is C26H40N4O2. The molecule has 3 rings (SSSR count). The number of amides is 1. The Labute approximate surface area is 193 Å². The van der Waals surface area contributed by atoms with Crippen molar-refractivity contribution in [3.63, 3.8) is 0 Å². The van der Waals surface area contributed by atoms with Gasteiger partial charge in [0.25, 0.3) is 0 Å². The summed E-state index contributed by atoms with van der Waals surface area (Å²) in [6.07, 6.45) is 5.64. The molecule has 0 aromatic heterocycles. The molecule has 0 spiro atoms. The van der Waals surface area contributed by atoms with Gasteiger partial charge in [0.15, 0.2) is 0 Å². The molecule has 1 heterocycles. The van der Waals surface area contributed by atoms with Gasteiger partial charge in [-0.25, -0.2) is 0 Å². The van der Waals surface area contributed by atoms with Crippen LogP contribution in [0.25, 0.3) is 0 Å². The number of anilines is 1. The van der Waals surface area contributed by atoms with Crippen LogP contribution in [0.5, 0.6) is 5.75 Å². The van der Waals surface area contributed by atoms with E-state index in [1.54, 1.807) is 7.11 Å². The fourth-order valence-electron chi connectivity index (χ4n) is 4.93. The predicted octanol–water partition coefficient (Wildman–Crippen LogP) is 4.09. The Morgan fingerprint density at radius 3 is 2.44 bits per heavy atom. The van der Waals surface area contributed by atoms with Gasteiger partial charge in [0, 0.05) is 32.2 Å². The molecule has 1 amide bonds. The fourth-order valence-corrected chi connectivity index (χ4v) is 4.93. The number of piperazine rings is 1. The van der Waals surface area contributed by atoms with Crippen LogP contribution >= 0.6 is 0 Å². The third-order valence-electron chi connectivity index (χ3n) is 7.06. The first kappa shape index (κ1) is 24.4. The van der Waals surface area contributed by atoms with Crippen molar-refractivity contribution >= 4 is 11.6 Å². The molecule has 1 aromatic rings. The van der Waals surface area contributed by atoms with Gasteiger partial charge >= 0.3 is 0 Å². The first-order chi connectivity index (χ1) is 15.3. The molecule has 1 aromatic carbocycles. The Morgan fingerprint density at radius 1 is 1.16 bits per heavy atom. The number of ether oxygens (including phenoxy) is 1. The summed E-state index contributed by atoms with van der Waals surface area (Å²) in [5.41, 5.74) is 2.69. The van der Waals surface area contributed by atoms with Crippen LogP contribution in [0.15, 0.2) is 18.2 Å². The average molecular weight is 441 g/mol. The maximum atomic E-state index is 11.6. The fraction of sp³-hybridized carbons (Fsp3) is 0.692. The highest BCUT2D eigenvalue weighted by atomic mass is 16.5. The highest BCUT2D eigenvalue weighted by Gasteiger charge is 2.25. The molecule has 0 atom stereocenters. The first-order valence-corrected chi connectivity index (χ1v) is 12.1. The van der Waals surface area contributed by atoms with Crippen LogP contribution in [0.4, 0.5) is 5.69 Å². The summed E-state index contributed by atoms with van der Waals surface area (Å²) in [7, 11) is 1.76. The maximum absolute atomic E-state index is 11.6. The number of hydrogen-bond donors (Lipinski definition) is 1. The standard InChI is InChI=1S/C26H40N4O2/c1-26(2,3)21-7-10-24(32-4)23(19-21)30-17-15-29(16-18-30)14-12-20-5-8-22(9-6-20)28-25(31)11-13-27/h7,10,19-20,22H,5-6,8-9,11-12,14-18H2,1-4H3,(H,28,31)/t20-,22-. The molecule has 6 nitrogen and oxygen atoms in total. The summed E-state index contributed by atoms with van der Waals surface area (Å²) >= 11 is 0. The Kier molecular flexibility index (Phi) is 8.42. The summed E-state index contributed by atoms with van der Waals surface area (Å²) in [6, 6.07) is 8.79. The van der Waals surface area contributed by atoms with Crippen LogP contribution < -0.4 is 15.0 Å². The second-order valence-corrected chi connectivity index (χ2v) is 10.4. The van der Waals surface area contributed by atoms with Crippen LogP contribution in [0.3, 0.4) is 0 Å². The van der Waals surface area contributed by atoms with Crippen molar-refractivity contribution in [3.05, 3.63) is 23.8 Å². The molecule has 6 heteroatoms. The minimum atomic E-state index is -0.126. The predicted molar refractivity (Wildman–Crippen MR) is 129 cm³/mol. The van der Waals surface area contributed by atoms with Crippen molar-refractivity contribution in [1.82, 2.24) is 10.2 Å². The van der Waals surface area contributed by atoms with Gasteiger partial charge in [-0.1, -0.05) is 26.8 Å². The van der Waals surface area contributed by atoms with E-state index in [0.717, 1.165) is 57.2 Å². The molecule has 2 fully saturated rings. The summed E-state index contributed by atoms with van der Waals surface area (Å²) in [4.78, 5) is 16.7. The lowest BCUT2D eigenvalue weighted by Gasteiger charge is -2.38. The number of nitrogens with one attached hydrogen (secondary N) is 1. The molecule has 2 aliphatic rings. The van der Waals surface area contributed by atoms with Crippen LogP contribution in [-0.4, -0.2) is 56.7 Å². The van der Waals surface area contributed by atoms with Gasteiger partial charge in [-0.3, -0.25) is 9.69 Å². The summed E-state index contributed by atoms with van der Waals surface area (Å²) in [5.74, 6) is 1.59. The van der Waals surface area contributed by atoms with Gasteiger partial charge in [0.2, 0.25) is 5.91 Å².